The topological polar surface area (TPSA) is 88.1 Å². The Morgan fingerprint density at radius 1 is 1.31 bits per heavy atom. The van der Waals surface area contributed by atoms with E-state index in [0.717, 1.165) is 29.0 Å². The fourth-order valence-corrected chi connectivity index (χ4v) is 4.39. The molecule has 4 aromatic rings. The maximum absolute atomic E-state index is 13.6. The summed E-state index contributed by atoms with van der Waals surface area (Å²) in [6, 6.07) is 6.36. The molecule has 148 valence electrons. The van der Waals surface area contributed by atoms with E-state index in [4.69, 9.17) is 9.52 Å². The molecule has 0 amide bonds. The number of fused-ring (bicyclic) bond motifs is 2. The zero-order valence-corrected chi connectivity index (χ0v) is 17.5. The minimum absolute atomic E-state index is 0.0294. The lowest BCUT2D eigenvalue weighted by Crippen LogP contribution is -2.36. The van der Waals surface area contributed by atoms with Gasteiger partial charge in [-0.05, 0) is 59.0 Å². The lowest BCUT2D eigenvalue weighted by molar-refractivity contribution is 0.379. The first-order chi connectivity index (χ1) is 14.2. The number of hydrogen-bond acceptors (Lipinski definition) is 6. The third kappa shape index (κ3) is 2.83. The molecule has 1 unspecified atom stereocenters. The fourth-order valence-electron chi connectivity index (χ4n) is 4.14. The Morgan fingerprint density at radius 2 is 2.21 bits per heavy atom. The number of anilines is 1. The molecule has 0 spiro atoms. The van der Waals surface area contributed by atoms with Gasteiger partial charge in [0.25, 0.3) is 5.89 Å². The molecule has 1 fully saturated rings. The number of imidazole rings is 1. The predicted molar refractivity (Wildman–Crippen MR) is 111 cm³/mol. The van der Waals surface area contributed by atoms with Gasteiger partial charge in [0, 0.05) is 24.9 Å². The number of rotatable bonds is 4. The first-order valence-electron chi connectivity index (χ1n) is 9.57. The Labute approximate surface area is 178 Å². The van der Waals surface area contributed by atoms with E-state index in [1.165, 1.54) is 18.4 Å². The molecule has 8 nitrogen and oxygen atoms in total. The number of nitrogens with zero attached hydrogens (tertiary/aromatic N) is 6. The third-order valence-corrected chi connectivity index (χ3v) is 6.17. The van der Waals surface area contributed by atoms with Crippen LogP contribution >= 0.6 is 22.6 Å². The van der Waals surface area contributed by atoms with Crippen molar-refractivity contribution in [3.05, 3.63) is 59.3 Å². The van der Waals surface area contributed by atoms with Gasteiger partial charge in [0.15, 0.2) is 0 Å². The van der Waals surface area contributed by atoms with Crippen LogP contribution in [-0.2, 0) is 6.42 Å². The number of hydrogen-bond donors (Lipinski definition) is 1. The van der Waals surface area contributed by atoms with E-state index in [1.807, 2.05) is 21.7 Å². The highest BCUT2D eigenvalue weighted by Gasteiger charge is 2.37. The second-order valence-electron chi connectivity index (χ2n) is 7.47. The van der Waals surface area contributed by atoms with Crippen LogP contribution in [0.2, 0.25) is 0 Å². The maximum Gasteiger partial charge on any atom is 0.319 e. The van der Waals surface area contributed by atoms with Crippen molar-refractivity contribution in [1.82, 2.24) is 29.8 Å². The second kappa shape index (κ2) is 6.51. The molecule has 0 saturated heterocycles. The average molecular weight is 505 g/mol. The Kier molecular flexibility index (Phi) is 3.90. The van der Waals surface area contributed by atoms with Crippen molar-refractivity contribution in [2.45, 2.75) is 35.4 Å². The lowest BCUT2D eigenvalue weighted by atomic mass is 10.00. The standard InChI is InChI=1S/C19H17FIN7O/c20-17(21)18-24-25-19(29-18)27-7-5-12-15(23-9-22-12)16(27)13-8-14-11(10-3-4-10)2-1-6-28(14)26-13/h1-2,6,8-10,16-17H,3-5,7H2,(H,22,23)/t16-,17?/m0/s1. The summed E-state index contributed by atoms with van der Waals surface area (Å²) in [6.45, 7) is 0.642. The number of nitrogens with one attached hydrogen (secondary N) is 1. The third-order valence-electron chi connectivity index (χ3n) is 5.64. The van der Waals surface area contributed by atoms with Crippen LogP contribution in [0.15, 0.2) is 35.1 Å². The average Bonchev–Trinajstić information content (AvgIpc) is 3.12. The number of halogens is 2. The first-order valence-corrected chi connectivity index (χ1v) is 10.8. The van der Waals surface area contributed by atoms with Gasteiger partial charge in [0.05, 0.1) is 23.2 Å². The number of aromatic nitrogens is 6. The second-order valence-corrected chi connectivity index (χ2v) is 8.57. The van der Waals surface area contributed by atoms with Gasteiger partial charge >= 0.3 is 6.01 Å². The van der Waals surface area contributed by atoms with Gasteiger partial charge in [-0.1, -0.05) is 11.2 Å². The summed E-state index contributed by atoms with van der Waals surface area (Å²) in [7, 11) is 0. The summed E-state index contributed by atoms with van der Waals surface area (Å²) in [5.74, 6) is 0.591. The van der Waals surface area contributed by atoms with Gasteiger partial charge in [0.1, 0.15) is 6.04 Å². The Morgan fingerprint density at radius 3 is 3.00 bits per heavy atom. The normalized spacial score (nSPS) is 20.2. The Hall–Kier alpha value is -2.50. The zero-order valence-electron chi connectivity index (χ0n) is 15.3. The fraction of sp³-hybridized carbons (Fsp3) is 0.368. The molecule has 29 heavy (non-hydrogen) atoms. The van der Waals surface area contributed by atoms with Crippen LogP contribution in [0.3, 0.4) is 0 Å². The van der Waals surface area contributed by atoms with E-state index >= 15 is 0 Å². The molecule has 4 aromatic heterocycles. The SMILES string of the molecule is FC(I)c1nnc(N2CCc3[nH]cnc3[C@@H]2c2cc3c(C4CC4)cccn3n2)o1. The van der Waals surface area contributed by atoms with Crippen molar-refractivity contribution < 1.29 is 8.81 Å². The van der Waals surface area contributed by atoms with Crippen molar-refractivity contribution >= 4 is 34.1 Å². The van der Waals surface area contributed by atoms with E-state index in [9.17, 15) is 4.39 Å². The molecule has 1 aliphatic carbocycles. The molecule has 5 heterocycles. The van der Waals surface area contributed by atoms with Gasteiger partial charge in [-0.25, -0.2) is 13.9 Å². The van der Waals surface area contributed by atoms with Crippen LogP contribution < -0.4 is 4.90 Å². The van der Waals surface area contributed by atoms with Gasteiger partial charge in [0.2, 0.25) is 4.18 Å². The highest BCUT2D eigenvalue weighted by molar-refractivity contribution is 14.1. The molecule has 0 radical (unpaired) electrons. The highest BCUT2D eigenvalue weighted by Crippen LogP contribution is 2.43. The van der Waals surface area contributed by atoms with Crippen LogP contribution in [0.4, 0.5) is 10.4 Å². The van der Waals surface area contributed by atoms with Gasteiger partial charge in [-0.3, -0.25) is 0 Å². The smallest absolute Gasteiger partial charge is 0.319 e. The molecule has 1 N–H and O–H groups in total. The van der Waals surface area contributed by atoms with Crippen LogP contribution in [0.1, 0.15) is 57.5 Å². The monoisotopic (exact) mass is 505 g/mol. The molecule has 0 aromatic carbocycles. The maximum atomic E-state index is 13.6. The molecule has 10 heteroatoms. The van der Waals surface area contributed by atoms with Crippen molar-refractivity contribution in [2.75, 3.05) is 11.4 Å². The minimum Gasteiger partial charge on any atom is -0.404 e. The van der Waals surface area contributed by atoms with E-state index in [2.05, 4.69) is 32.3 Å². The molecule has 0 bridgehead atoms. The summed E-state index contributed by atoms with van der Waals surface area (Å²) < 4.78 is 19.8. The van der Waals surface area contributed by atoms with Gasteiger partial charge in [-0.15, -0.1) is 5.10 Å². The molecule has 6 rings (SSSR count). The molecule has 1 aliphatic heterocycles. The van der Waals surface area contributed by atoms with E-state index in [-0.39, 0.29) is 17.9 Å². The zero-order chi connectivity index (χ0) is 19.5. The number of aromatic amines is 1. The number of H-pyrrole nitrogens is 1. The summed E-state index contributed by atoms with van der Waals surface area (Å²) in [5.41, 5.74) is 5.27. The van der Waals surface area contributed by atoms with Crippen molar-refractivity contribution in [3.8, 4) is 0 Å². The van der Waals surface area contributed by atoms with Crippen molar-refractivity contribution in [3.63, 3.8) is 0 Å². The van der Waals surface area contributed by atoms with Crippen LogP contribution in [0.25, 0.3) is 5.52 Å². The van der Waals surface area contributed by atoms with Crippen LogP contribution in [-0.4, -0.2) is 36.3 Å². The highest BCUT2D eigenvalue weighted by atomic mass is 127. The summed E-state index contributed by atoms with van der Waals surface area (Å²) in [5, 5.41) is 12.8. The first kappa shape index (κ1) is 17.4. The summed E-state index contributed by atoms with van der Waals surface area (Å²) >= 11 is 1.62. The van der Waals surface area contributed by atoms with Gasteiger partial charge < -0.3 is 14.3 Å². The summed E-state index contributed by atoms with van der Waals surface area (Å²) in [4.78, 5) is 9.76. The Bertz CT molecular complexity index is 1190. The minimum atomic E-state index is -1.34. The number of pyridine rings is 1. The quantitative estimate of drug-likeness (QED) is 0.335. The van der Waals surface area contributed by atoms with Crippen molar-refractivity contribution in [2.24, 2.45) is 0 Å². The molecular formula is C19H17FIN7O. The van der Waals surface area contributed by atoms with Crippen molar-refractivity contribution in [1.29, 1.82) is 0 Å². The Balaban J connectivity index is 1.48. The summed E-state index contributed by atoms with van der Waals surface area (Å²) in [6.07, 6.45) is 6.88. The lowest BCUT2D eigenvalue weighted by Gasteiger charge is -2.32. The number of alkyl halides is 2. The van der Waals surface area contributed by atoms with Crippen LogP contribution in [0, 0.1) is 0 Å². The molecule has 2 aliphatic rings. The largest absolute Gasteiger partial charge is 0.404 e. The van der Waals surface area contributed by atoms with E-state index in [1.54, 1.807) is 28.9 Å². The van der Waals surface area contributed by atoms with Crippen LogP contribution in [0.5, 0.6) is 0 Å². The van der Waals surface area contributed by atoms with Gasteiger partial charge in [-0.2, -0.15) is 5.10 Å². The molecule has 1 saturated carbocycles. The van der Waals surface area contributed by atoms with E-state index in [0.29, 0.717) is 12.5 Å². The predicted octanol–water partition coefficient (Wildman–Crippen LogP) is 3.87. The molecular weight excluding hydrogens is 488 g/mol. The molecule has 2 atom stereocenters. The van der Waals surface area contributed by atoms with E-state index < -0.39 is 4.18 Å².